The van der Waals surface area contributed by atoms with Crippen molar-refractivity contribution in [3.05, 3.63) is 29.6 Å². The van der Waals surface area contributed by atoms with Crippen LogP contribution in [0.25, 0.3) is 0 Å². The van der Waals surface area contributed by atoms with Crippen molar-refractivity contribution in [3.8, 4) is 0 Å². The van der Waals surface area contributed by atoms with Gasteiger partial charge in [0.1, 0.15) is 5.82 Å². The standard InChI is InChI=1S/C16H23FN2S/c1-12-9-10-14(11-15(12)17)19-16(20)18-13-7-5-3-2-4-6-8-13/h9-11,13H,2-8H2,1H3,(H2,18,19,20). The summed E-state index contributed by atoms with van der Waals surface area (Å²) in [7, 11) is 0. The molecule has 1 fully saturated rings. The Morgan fingerprint density at radius 1 is 1.15 bits per heavy atom. The lowest BCUT2D eigenvalue weighted by Crippen LogP contribution is -2.38. The molecule has 0 saturated heterocycles. The Kier molecular flexibility index (Phi) is 5.77. The van der Waals surface area contributed by atoms with Crippen LogP contribution in [-0.4, -0.2) is 11.2 Å². The Labute approximate surface area is 126 Å². The smallest absolute Gasteiger partial charge is 0.170 e. The lowest BCUT2D eigenvalue weighted by molar-refractivity contribution is 0.430. The molecule has 0 aliphatic heterocycles. The monoisotopic (exact) mass is 294 g/mol. The summed E-state index contributed by atoms with van der Waals surface area (Å²) in [5, 5.41) is 7.04. The van der Waals surface area contributed by atoms with Crippen LogP contribution in [-0.2, 0) is 0 Å². The van der Waals surface area contributed by atoms with Crippen molar-refractivity contribution in [3.63, 3.8) is 0 Å². The summed E-state index contributed by atoms with van der Waals surface area (Å²) in [5.41, 5.74) is 1.35. The Hall–Kier alpha value is -1.16. The average Bonchev–Trinajstić information content (AvgIpc) is 2.37. The molecule has 0 atom stereocenters. The van der Waals surface area contributed by atoms with Crippen molar-refractivity contribution in [2.24, 2.45) is 0 Å². The fourth-order valence-electron chi connectivity index (χ4n) is 2.62. The first-order chi connectivity index (χ1) is 9.65. The summed E-state index contributed by atoms with van der Waals surface area (Å²) < 4.78 is 13.5. The van der Waals surface area contributed by atoms with Gasteiger partial charge in [-0.2, -0.15) is 0 Å². The third-order valence-corrected chi connectivity index (χ3v) is 4.09. The zero-order chi connectivity index (χ0) is 14.4. The molecule has 0 spiro atoms. The van der Waals surface area contributed by atoms with Crippen LogP contribution >= 0.6 is 12.2 Å². The van der Waals surface area contributed by atoms with Crippen molar-refractivity contribution < 1.29 is 4.39 Å². The molecule has 2 N–H and O–H groups in total. The van der Waals surface area contributed by atoms with Crippen LogP contribution < -0.4 is 10.6 Å². The number of halogens is 1. The molecule has 1 aromatic rings. The largest absolute Gasteiger partial charge is 0.360 e. The summed E-state index contributed by atoms with van der Waals surface area (Å²) >= 11 is 5.33. The van der Waals surface area contributed by atoms with E-state index in [1.54, 1.807) is 13.0 Å². The first-order valence-electron chi connectivity index (χ1n) is 7.49. The van der Waals surface area contributed by atoms with Gasteiger partial charge in [0.2, 0.25) is 0 Å². The van der Waals surface area contributed by atoms with Crippen LogP contribution in [0.2, 0.25) is 0 Å². The fourth-order valence-corrected chi connectivity index (χ4v) is 2.91. The number of nitrogens with one attached hydrogen (secondary N) is 2. The Balaban J connectivity index is 1.85. The highest BCUT2D eigenvalue weighted by molar-refractivity contribution is 7.80. The average molecular weight is 294 g/mol. The van der Waals surface area contributed by atoms with Crippen LogP contribution in [0.15, 0.2) is 18.2 Å². The number of hydrogen-bond donors (Lipinski definition) is 2. The Morgan fingerprint density at radius 3 is 2.45 bits per heavy atom. The minimum Gasteiger partial charge on any atom is -0.360 e. The van der Waals surface area contributed by atoms with E-state index in [1.165, 1.54) is 51.0 Å². The first kappa shape index (κ1) is 15.2. The maximum absolute atomic E-state index is 13.5. The third-order valence-electron chi connectivity index (χ3n) is 3.87. The SMILES string of the molecule is Cc1ccc(NC(=S)NC2CCCCCCC2)cc1F. The molecule has 1 aliphatic carbocycles. The first-order valence-corrected chi connectivity index (χ1v) is 7.89. The van der Waals surface area contributed by atoms with E-state index in [-0.39, 0.29) is 5.82 Å². The topological polar surface area (TPSA) is 24.1 Å². The summed E-state index contributed by atoms with van der Waals surface area (Å²) in [5.74, 6) is -0.205. The van der Waals surface area contributed by atoms with Gasteiger partial charge in [-0.15, -0.1) is 0 Å². The van der Waals surface area contributed by atoms with Crippen molar-refractivity contribution in [2.45, 2.75) is 57.9 Å². The van der Waals surface area contributed by atoms with Gasteiger partial charge in [-0.25, -0.2) is 4.39 Å². The summed E-state index contributed by atoms with van der Waals surface area (Å²) in [4.78, 5) is 0. The van der Waals surface area contributed by atoms with E-state index >= 15 is 0 Å². The van der Waals surface area contributed by atoms with Crippen LogP contribution in [0.1, 0.15) is 50.5 Å². The highest BCUT2D eigenvalue weighted by Crippen LogP contribution is 2.18. The van der Waals surface area contributed by atoms with Gasteiger partial charge in [0.15, 0.2) is 5.11 Å². The maximum atomic E-state index is 13.5. The van der Waals surface area contributed by atoms with Crippen molar-refractivity contribution in [2.75, 3.05) is 5.32 Å². The summed E-state index contributed by atoms with van der Waals surface area (Å²) in [6, 6.07) is 5.55. The molecular formula is C16H23FN2S. The number of rotatable bonds is 2. The van der Waals surface area contributed by atoms with Gasteiger partial charge in [-0.05, 0) is 49.7 Å². The van der Waals surface area contributed by atoms with Gasteiger partial charge < -0.3 is 10.6 Å². The maximum Gasteiger partial charge on any atom is 0.170 e. The molecule has 0 unspecified atom stereocenters. The van der Waals surface area contributed by atoms with Crippen molar-refractivity contribution >= 4 is 23.0 Å². The van der Waals surface area contributed by atoms with E-state index in [9.17, 15) is 4.39 Å². The van der Waals surface area contributed by atoms with E-state index in [0.717, 1.165) is 0 Å². The molecule has 110 valence electrons. The van der Waals surface area contributed by atoms with E-state index in [0.29, 0.717) is 22.4 Å². The predicted molar refractivity (Wildman–Crippen MR) is 86.6 cm³/mol. The van der Waals surface area contributed by atoms with Gasteiger partial charge >= 0.3 is 0 Å². The normalized spacial score (nSPS) is 17.1. The second kappa shape index (κ2) is 7.58. The number of anilines is 1. The molecule has 4 heteroatoms. The van der Waals surface area contributed by atoms with Crippen LogP contribution in [0.4, 0.5) is 10.1 Å². The predicted octanol–water partition coefficient (Wildman–Crippen LogP) is 4.53. The number of benzene rings is 1. The van der Waals surface area contributed by atoms with Crippen molar-refractivity contribution in [1.82, 2.24) is 5.32 Å². The quantitative estimate of drug-likeness (QED) is 0.783. The molecule has 0 radical (unpaired) electrons. The van der Waals surface area contributed by atoms with Crippen molar-refractivity contribution in [1.29, 1.82) is 0 Å². The van der Waals surface area contributed by atoms with Gasteiger partial charge in [0.05, 0.1) is 0 Å². The Bertz CT molecular complexity index is 454. The third kappa shape index (κ3) is 4.75. The van der Waals surface area contributed by atoms with Crippen LogP contribution in [0.5, 0.6) is 0 Å². The van der Waals surface area contributed by atoms with E-state index in [1.807, 2.05) is 6.07 Å². The lowest BCUT2D eigenvalue weighted by atomic mass is 9.97. The molecule has 1 saturated carbocycles. The minimum atomic E-state index is -0.205. The van der Waals surface area contributed by atoms with E-state index < -0.39 is 0 Å². The number of hydrogen-bond acceptors (Lipinski definition) is 1. The van der Waals surface area contributed by atoms with Gasteiger partial charge in [0, 0.05) is 11.7 Å². The molecule has 0 aromatic heterocycles. The Morgan fingerprint density at radius 2 is 1.80 bits per heavy atom. The molecule has 2 nitrogen and oxygen atoms in total. The van der Waals surface area contributed by atoms with E-state index in [4.69, 9.17) is 12.2 Å². The highest BCUT2D eigenvalue weighted by atomic mass is 32.1. The van der Waals surface area contributed by atoms with Gasteiger partial charge in [-0.3, -0.25) is 0 Å². The molecule has 1 aliphatic rings. The second-order valence-corrected chi connectivity index (χ2v) is 6.01. The molecule has 1 aromatic carbocycles. The zero-order valence-electron chi connectivity index (χ0n) is 12.0. The van der Waals surface area contributed by atoms with Gasteiger partial charge in [-0.1, -0.05) is 38.2 Å². The number of aryl methyl sites for hydroxylation is 1. The molecule has 0 bridgehead atoms. The zero-order valence-corrected chi connectivity index (χ0v) is 12.9. The molecule has 0 amide bonds. The highest BCUT2D eigenvalue weighted by Gasteiger charge is 2.12. The minimum absolute atomic E-state index is 0.205. The molecule has 20 heavy (non-hydrogen) atoms. The fraction of sp³-hybridized carbons (Fsp3) is 0.562. The second-order valence-electron chi connectivity index (χ2n) is 5.60. The van der Waals surface area contributed by atoms with Crippen LogP contribution in [0.3, 0.4) is 0 Å². The molecular weight excluding hydrogens is 271 g/mol. The van der Waals surface area contributed by atoms with Crippen LogP contribution in [0, 0.1) is 12.7 Å². The van der Waals surface area contributed by atoms with Gasteiger partial charge in [0.25, 0.3) is 0 Å². The molecule has 2 rings (SSSR count). The number of thiocarbonyl (C=S) groups is 1. The molecule has 0 heterocycles. The summed E-state index contributed by atoms with van der Waals surface area (Å²) in [6.45, 7) is 1.75. The lowest BCUT2D eigenvalue weighted by Gasteiger charge is -2.22. The summed E-state index contributed by atoms with van der Waals surface area (Å²) in [6.07, 6.45) is 8.87. The van der Waals surface area contributed by atoms with E-state index in [2.05, 4.69) is 10.6 Å².